The van der Waals surface area contributed by atoms with Crippen LogP contribution in [0.4, 0.5) is 22.0 Å². The third-order valence-corrected chi connectivity index (χ3v) is 4.97. The highest BCUT2D eigenvalue weighted by molar-refractivity contribution is 7.16. The monoisotopic (exact) mass is 384 g/mol. The fourth-order valence-electron chi connectivity index (χ4n) is 2.61. The second-order valence-corrected chi connectivity index (χ2v) is 6.34. The Morgan fingerprint density at radius 1 is 0.808 bits per heavy atom. The van der Waals surface area contributed by atoms with Crippen LogP contribution in [0.3, 0.4) is 0 Å². The van der Waals surface area contributed by atoms with Crippen molar-refractivity contribution in [3.8, 4) is 5.69 Å². The molecule has 0 bridgehead atoms. The Hall–Kier alpha value is -3.01. The Bertz CT molecular complexity index is 1290. The van der Waals surface area contributed by atoms with Crippen LogP contribution in [-0.4, -0.2) is 9.55 Å². The molecule has 1 N–H and O–H groups in total. The van der Waals surface area contributed by atoms with Crippen molar-refractivity contribution in [1.29, 1.82) is 0 Å². The summed E-state index contributed by atoms with van der Waals surface area (Å²) in [5, 5.41) is -0.289. The van der Waals surface area contributed by atoms with Crippen LogP contribution in [0.2, 0.25) is 0 Å². The van der Waals surface area contributed by atoms with Crippen LogP contribution >= 0.6 is 11.3 Å². The first-order chi connectivity index (χ1) is 12.3. The number of H-pyrrole nitrogens is 1. The van der Waals surface area contributed by atoms with E-state index in [1.165, 1.54) is 0 Å². The molecule has 4 nitrogen and oxygen atoms in total. The second kappa shape index (κ2) is 5.49. The summed E-state index contributed by atoms with van der Waals surface area (Å²) in [5.74, 6) is -11.4. The number of rotatable bonds is 1. The Morgan fingerprint density at radius 2 is 1.38 bits per heavy atom. The van der Waals surface area contributed by atoms with E-state index in [1.807, 2.05) is 0 Å². The molecule has 2 aliphatic heterocycles. The molecular weight excluding hydrogens is 379 g/mol. The molecule has 0 aliphatic carbocycles. The quantitative estimate of drug-likeness (QED) is 0.311. The van der Waals surface area contributed by atoms with Gasteiger partial charge in [-0.05, 0) is 12.1 Å². The van der Waals surface area contributed by atoms with Crippen molar-refractivity contribution in [2.45, 2.75) is 0 Å². The van der Waals surface area contributed by atoms with Gasteiger partial charge < -0.3 is 4.98 Å². The van der Waals surface area contributed by atoms with Gasteiger partial charge in [0.05, 0.1) is 10.2 Å². The number of hydrogen-bond donors (Lipinski definition) is 1. The van der Waals surface area contributed by atoms with Gasteiger partial charge in [0.2, 0.25) is 5.82 Å². The number of nitrogens with one attached hydrogen (secondary N) is 1. The van der Waals surface area contributed by atoms with E-state index < -0.39 is 45.9 Å². The van der Waals surface area contributed by atoms with Crippen LogP contribution in [-0.2, 0) is 0 Å². The molecule has 2 heterocycles. The summed E-state index contributed by atoms with van der Waals surface area (Å²) >= 11 is 0.860. The maximum Gasteiger partial charge on any atom is 0.283 e. The average molecular weight is 384 g/mol. The third-order valence-electron chi connectivity index (χ3n) is 3.81. The molecule has 0 fully saturated rings. The number of fused-ring (bicyclic) bond motifs is 1. The smallest absolute Gasteiger partial charge is 0.283 e. The summed E-state index contributed by atoms with van der Waals surface area (Å²) in [6, 6.07) is 6.56. The summed E-state index contributed by atoms with van der Waals surface area (Å²) in [4.78, 5) is 27.6. The molecule has 0 atom stereocenters. The van der Waals surface area contributed by atoms with Crippen LogP contribution in [0.1, 0.15) is 0 Å². The highest BCUT2D eigenvalue weighted by Crippen LogP contribution is 2.25. The predicted molar refractivity (Wildman–Crippen MR) is 83.1 cm³/mol. The minimum absolute atomic E-state index is 0.0488. The number of para-hydroxylation sites is 1. The van der Waals surface area contributed by atoms with Crippen LogP contribution in [0.25, 0.3) is 15.9 Å². The van der Waals surface area contributed by atoms with Gasteiger partial charge >= 0.3 is 0 Å². The highest BCUT2D eigenvalue weighted by atomic mass is 32.1. The topological polar surface area (TPSA) is 54.9 Å². The van der Waals surface area contributed by atoms with E-state index in [1.54, 1.807) is 24.3 Å². The van der Waals surface area contributed by atoms with Gasteiger partial charge in [0.1, 0.15) is 15.6 Å². The molecule has 2 aromatic carbocycles. The zero-order valence-electron chi connectivity index (χ0n) is 12.4. The van der Waals surface area contributed by atoms with Gasteiger partial charge in [-0.25, -0.2) is 26.5 Å². The van der Waals surface area contributed by atoms with Gasteiger partial charge in [0.25, 0.3) is 11.1 Å². The number of aromatic amines is 1. The van der Waals surface area contributed by atoms with E-state index in [9.17, 15) is 31.5 Å². The second-order valence-electron chi connectivity index (χ2n) is 5.29. The number of nitrogens with zero attached hydrogens (tertiary/aromatic N) is 1. The molecule has 0 amide bonds. The SMILES string of the molecule is O=c1c2[nH]c3ccccc3sc=2c(=O)n1-c1c(F)c(F)c(F)c(F)c1F. The minimum Gasteiger partial charge on any atom is -0.349 e. The standard InChI is InChI=1S/C16H5F5N2O2S/c17-7-8(18)10(20)13(11(21)9(7)19)23-15(24)12-14(16(23)25)26-6-4-2-1-3-5(6)22-12/h1-4,22H. The molecule has 132 valence electrons. The summed E-state index contributed by atoms with van der Waals surface area (Å²) in [7, 11) is 0. The van der Waals surface area contributed by atoms with E-state index in [4.69, 9.17) is 0 Å². The van der Waals surface area contributed by atoms with E-state index in [0.717, 1.165) is 11.3 Å². The highest BCUT2D eigenvalue weighted by Gasteiger charge is 2.29. The first kappa shape index (κ1) is 16.5. The molecule has 0 saturated heterocycles. The molecule has 0 radical (unpaired) electrons. The van der Waals surface area contributed by atoms with Gasteiger partial charge in [-0.15, -0.1) is 11.3 Å². The van der Waals surface area contributed by atoms with E-state index in [2.05, 4.69) is 4.98 Å². The maximum absolute atomic E-state index is 14.0. The van der Waals surface area contributed by atoms with Crippen molar-refractivity contribution in [1.82, 2.24) is 9.55 Å². The lowest BCUT2D eigenvalue weighted by atomic mass is 10.2. The molecule has 4 rings (SSSR count). The van der Waals surface area contributed by atoms with Gasteiger partial charge in [-0.2, -0.15) is 0 Å². The zero-order valence-corrected chi connectivity index (χ0v) is 13.2. The molecule has 0 aromatic heterocycles. The molecule has 10 heteroatoms. The Morgan fingerprint density at radius 3 is 2.04 bits per heavy atom. The van der Waals surface area contributed by atoms with Gasteiger partial charge in [0, 0.05) is 0 Å². The third kappa shape index (κ3) is 2.05. The zero-order chi connectivity index (χ0) is 18.7. The summed E-state index contributed by atoms with van der Waals surface area (Å²) < 4.78 is 68.5. The maximum atomic E-state index is 14.0. The van der Waals surface area contributed by atoms with Gasteiger partial charge in [-0.3, -0.25) is 9.59 Å². The lowest BCUT2D eigenvalue weighted by molar-refractivity contribution is 0.375. The number of hydrogen-bond acceptors (Lipinski definition) is 3. The number of benzene rings is 2. The average Bonchev–Trinajstić information content (AvgIpc) is 2.88. The van der Waals surface area contributed by atoms with Gasteiger partial charge in [-0.1, -0.05) is 12.1 Å². The first-order valence-electron chi connectivity index (χ1n) is 7.01. The number of aromatic nitrogens is 2. The largest absolute Gasteiger partial charge is 0.349 e. The van der Waals surface area contributed by atoms with E-state index >= 15 is 0 Å². The molecule has 2 aliphatic rings. The van der Waals surface area contributed by atoms with E-state index in [0.29, 0.717) is 10.2 Å². The van der Waals surface area contributed by atoms with Gasteiger partial charge in [0.15, 0.2) is 23.3 Å². The normalized spacial score (nSPS) is 11.6. The van der Waals surface area contributed by atoms with Crippen LogP contribution in [0, 0.1) is 39.0 Å². The van der Waals surface area contributed by atoms with Crippen molar-refractivity contribution in [3.05, 3.63) is 83.9 Å². The molecule has 26 heavy (non-hydrogen) atoms. The molecule has 0 spiro atoms. The van der Waals surface area contributed by atoms with Crippen LogP contribution < -0.4 is 11.1 Å². The van der Waals surface area contributed by atoms with Crippen LogP contribution in [0.15, 0.2) is 33.9 Å². The summed E-state index contributed by atoms with van der Waals surface area (Å²) in [5.41, 5.74) is -3.52. The lowest BCUT2D eigenvalue weighted by Gasteiger charge is -2.07. The Balaban J connectivity index is 2.21. The molecule has 2 aromatic rings. The minimum atomic E-state index is -2.37. The fourth-order valence-corrected chi connectivity index (χ4v) is 3.63. The molecular formula is C16H5F5N2O2S. The van der Waals surface area contributed by atoms with Crippen molar-refractivity contribution < 1.29 is 22.0 Å². The molecule has 0 unspecified atom stereocenters. The Kier molecular flexibility index (Phi) is 3.48. The van der Waals surface area contributed by atoms with Crippen molar-refractivity contribution in [2.75, 3.05) is 0 Å². The van der Waals surface area contributed by atoms with Crippen molar-refractivity contribution >= 4 is 21.6 Å². The van der Waals surface area contributed by atoms with Crippen LogP contribution in [0.5, 0.6) is 0 Å². The summed E-state index contributed by atoms with van der Waals surface area (Å²) in [6.07, 6.45) is 0. The molecule has 0 saturated carbocycles. The lowest BCUT2D eigenvalue weighted by Crippen LogP contribution is -2.28. The Labute approximate surface area is 143 Å². The predicted octanol–water partition coefficient (Wildman–Crippen LogP) is 3.16. The first-order valence-corrected chi connectivity index (χ1v) is 7.83. The summed E-state index contributed by atoms with van der Waals surface area (Å²) in [6.45, 7) is 0. The van der Waals surface area contributed by atoms with Crippen molar-refractivity contribution in [2.24, 2.45) is 0 Å². The van der Waals surface area contributed by atoms with Crippen molar-refractivity contribution in [3.63, 3.8) is 0 Å². The number of halogens is 5. The fraction of sp³-hybridized carbons (Fsp3) is 0. The van der Waals surface area contributed by atoms with E-state index in [-0.39, 0.29) is 14.4 Å².